The number of hydrogen-bond acceptors (Lipinski definition) is 1. The Morgan fingerprint density at radius 2 is 2.18 bits per heavy atom. The largest absolute Gasteiger partial charge is 0.343 e. The highest BCUT2D eigenvalue weighted by atomic mass is 16.1. The van der Waals surface area contributed by atoms with E-state index in [1.807, 2.05) is 23.6 Å². The summed E-state index contributed by atoms with van der Waals surface area (Å²) in [6.07, 6.45) is 1.89. The summed E-state index contributed by atoms with van der Waals surface area (Å²) in [5, 5.41) is 0. The SMILES string of the molecule is CCc1ccc(C=O)n1CC. The minimum Gasteiger partial charge on any atom is -0.343 e. The fourth-order valence-corrected chi connectivity index (χ4v) is 1.32. The molecule has 1 aromatic rings. The molecule has 0 unspecified atom stereocenters. The van der Waals surface area contributed by atoms with E-state index >= 15 is 0 Å². The molecule has 2 nitrogen and oxygen atoms in total. The van der Waals surface area contributed by atoms with Gasteiger partial charge >= 0.3 is 0 Å². The van der Waals surface area contributed by atoms with E-state index in [-0.39, 0.29) is 0 Å². The summed E-state index contributed by atoms with van der Waals surface area (Å²) in [7, 11) is 0. The van der Waals surface area contributed by atoms with Crippen molar-refractivity contribution in [3.8, 4) is 0 Å². The molecule has 0 N–H and O–H groups in total. The number of carbonyl (C=O) groups is 1. The van der Waals surface area contributed by atoms with Crippen LogP contribution in [0.2, 0.25) is 0 Å². The Morgan fingerprint density at radius 1 is 1.45 bits per heavy atom. The van der Waals surface area contributed by atoms with E-state index in [0.717, 1.165) is 24.9 Å². The van der Waals surface area contributed by atoms with Crippen LogP contribution in [-0.4, -0.2) is 10.9 Å². The van der Waals surface area contributed by atoms with Crippen LogP contribution in [0, 0.1) is 0 Å². The van der Waals surface area contributed by atoms with Crippen LogP contribution in [0.1, 0.15) is 30.0 Å². The zero-order chi connectivity index (χ0) is 8.27. The van der Waals surface area contributed by atoms with Crippen molar-refractivity contribution in [3.63, 3.8) is 0 Å². The standard InChI is InChI=1S/C9H13NO/c1-3-8-5-6-9(7-11)10(8)4-2/h5-7H,3-4H2,1-2H3. The quantitative estimate of drug-likeness (QED) is 0.604. The molecular weight excluding hydrogens is 138 g/mol. The van der Waals surface area contributed by atoms with E-state index in [2.05, 4.69) is 6.92 Å². The van der Waals surface area contributed by atoms with E-state index in [1.54, 1.807) is 0 Å². The van der Waals surface area contributed by atoms with Gasteiger partial charge in [0.2, 0.25) is 0 Å². The number of aldehydes is 1. The number of aromatic nitrogens is 1. The van der Waals surface area contributed by atoms with Crippen molar-refractivity contribution in [2.75, 3.05) is 0 Å². The number of aryl methyl sites for hydroxylation is 1. The van der Waals surface area contributed by atoms with Crippen LogP contribution in [0.3, 0.4) is 0 Å². The average Bonchev–Trinajstić information content (AvgIpc) is 2.45. The maximum atomic E-state index is 10.5. The van der Waals surface area contributed by atoms with Crippen molar-refractivity contribution in [2.45, 2.75) is 26.8 Å². The van der Waals surface area contributed by atoms with Crippen molar-refractivity contribution in [3.05, 3.63) is 23.5 Å². The second-order valence-electron chi connectivity index (χ2n) is 2.47. The number of hydrogen-bond donors (Lipinski definition) is 0. The lowest BCUT2D eigenvalue weighted by molar-refractivity contribution is 0.111. The molecule has 0 saturated heterocycles. The highest BCUT2D eigenvalue weighted by Crippen LogP contribution is 2.07. The molecule has 0 saturated carbocycles. The first-order chi connectivity index (χ1) is 5.33. The molecule has 1 rings (SSSR count). The molecule has 0 atom stereocenters. The summed E-state index contributed by atoms with van der Waals surface area (Å²) in [6, 6.07) is 3.88. The predicted molar refractivity (Wildman–Crippen MR) is 44.9 cm³/mol. The van der Waals surface area contributed by atoms with Crippen LogP contribution in [0.15, 0.2) is 12.1 Å². The molecule has 1 heterocycles. The van der Waals surface area contributed by atoms with Gasteiger partial charge in [-0.2, -0.15) is 0 Å². The fourth-order valence-electron chi connectivity index (χ4n) is 1.32. The number of nitrogens with zero attached hydrogens (tertiary/aromatic N) is 1. The summed E-state index contributed by atoms with van der Waals surface area (Å²) < 4.78 is 2.03. The van der Waals surface area contributed by atoms with Gasteiger partial charge in [-0.15, -0.1) is 0 Å². The molecule has 0 spiro atoms. The van der Waals surface area contributed by atoms with Gasteiger partial charge in [-0.05, 0) is 25.5 Å². The minimum absolute atomic E-state index is 0.782. The molecule has 0 aromatic carbocycles. The highest BCUT2D eigenvalue weighted by Gasteiger charge is 2.02. The third-order valence-corrected chi connectivity index (χ3v) is 1.90. The normalized spacial score (nSPS) is 10.0. The monoisotopic (exact) mass is 151 g/mol. The highest BCUT2D eigenvalue weighted by molar-refractivity contribution is 5.72. The minimum atomic E-state index is 0.782. The van der Waals surface area contributed by atoms with E-state index in [1.165, 1.54) is 5.69 Å². The zero-order valence-electron chi connectivity index (χ0n) is 7.00. The van der Waals surface area contributed by atoms with Crippen LogP contribution in [-0.2, 0) is 13.0 Å². The average molecular weight is 151 g/mol. The zero-order valence-corrected chi connectivity index (χ0v) is 7.00. The van der Waals surface area contributed by atoms with Crippen LogP contribution >= 0.6 is 0 Å². The van der Waals surface area contributed by atoms with Gasteiger partial charge in [-0.3, -0.25) is 4.79 Å². The van der Waals surface area contributed by atoms with Gasteiger partial charge in [-0.1, -0.05) is 6.92 Å². The molecule has 60 valence electrons. The van der Waals surface area contributed by atoms with Crippen molar-refractivity contribution in [1.29, 1.82) is 0 Å². The van der Waals surface area contributed by atoms with Crippen LogP contribution in [0.4, 0.5) is 0 Å². The van der Waals surface area contributed by atoms with Gasteiger partial charge in [0.05, 0.1) is 5.69 Å². The second kappa shape index (κ2) is 3.37. The maximum absolute atomic E-state index is 10.5. The Labute approximate surface area is 66.8 Å². The Hall–Kier alpha value is -1.05. The molecule has 2 heteroatoms. The molecule has 11 heavy (non-hydrogen) atoms. The first-order valence-electron chi connectivity index (χ1n) is 3.97. The van der Waals surface area contributed by atoms with Crippen molar-refractivity contribution in [2.24, 2.45) is 0 Å². The van der Waals surface area contributed by atoms with E-state index in [0.29, 0.717) is 0 Å². The molecule has 0 aliphatic carbocycles. The predicted octanol–water partition coefficient (Wildman–Crippen LogP) is 1.88. The third kappa shape index (κ3) is 1.34. The molecular formula is C9H13NO. The lowest BCUT2D eigenvalue weighted by Gasteiger charge is -2.04. The summed E-state index contributed by atoms with van der Waals surface area (Å²) in [5.41, 5.74) is 2.01. The Morgan fingerprint density at radius 3 is 2.64 bits per heavy atom. The topological polar surface area (TPSA) is 22.0 Å². The third-order valence-electron chi connectivity index (χ3n) is 1.90. The first-order valence-corrected chi connectivity index (χ1v) is 3.97. The van der Waals surface area contributed by atoms with Crippen LogP contribution < -0.4 is 0 Å². The van der Waals surface area contributed by atoms with Crippen LogP contribution in [0.25, 0.3) is 0 Å². The van der Waals surface area contributed by atoms with E-state index in [9.17, 15) is 4.79 Å². The van der Waals surface area contributed by atoms with Crippen molar-refractivity contribution in [1.82, 2.24) is 4.57 Å². The molecule has 0 amide bonds. The Bertz CT molecular complexity index is 250. The molecule has 0 radical (unpaired) electrons. The summed E-state index contributed by atoms with van der Waals surface area (Å²) in [4.78, 5) is 10.5. The van der Waals surface area contributed by atoms with E-state index < -0.39 is 0 Å². The van der Waals surface area contributed by atoms with Crippen LogP contribution in [0.5, 0.6) is 0 Å². The van der Waals surface area contributed by atoms with Gasteiger partial charge in [0.1, 0.15) is 0 Å². The number of carbonyl (C=O) groups excluding carboxylic acids is 1. The number of rotatable bonds is 3. The lowest BCUT2D eigenvalue weighted by Crippen LogP contribution is -2.03. The second-order valence-corrected chi connectivity index (χ2v) is 2.47. The van der Waals surface area contributed by atoms with Gasteiger partial charge in [0.15, 0.2) is 6.29 Å². The smallest absolute Gasteiger partial charge is 0.166 e. The van der Waals surface area contributed by atoms with Gasteiger partial charge in [-0.25, -0.2) is 0 Å². The molecule has 1 aromatic heterocycles. The first kappa shape index (κ1) is 8.05. The maximum Gasteiger partial charge on any atom is 0.166 e. The summed E-state index contributed by atoms with van der Waals surface area (Å²) in [6.45, 7) is 5.02. The lowest BCUT2D eigenvalue weighted by atomic mass is 10.3. The Kier molecular flexibility index (Phi) is 2.47. The van der Waals surface area contributed by atoms with Gasteiger partial charge in [0, 0.05) is 12.2 Å². The Balaban J connectivity index is 3.08. The summed E-state index contributed by atoms with van der Waals surface area (Å²) >= 11 is 0. The van der Waals surface area contributed by atoms with Crippen molar-refractivity contribution < 1.29 is 4.79 Å². The molecule has 0 aliphatic heterocycles. The van der Waals surface area contributed by atoms with Gasteiger partial charge in [0.25, 0.3) is 0 Å². The molecule has 0 bridgehead atoms. The van der Waals surface area contributed by atoms with Crippen molar-refractivity contribution >= 4 is 6.29 Å². The summed E-state index contributed by atoms with van der Waals surface area (Å²) in [5.74, 6) is 0. The fraction of sp³-hybridized carbons (Fsp3) is 0.444. The van der Waals surface area contributed by atoms with E-state index in [4.69, 9.17) is 0 Å². The molecule has 0 aliphatic rings. The van der Waals surface area contributed by atoms with Gasteiger partial charge < -0.3 is 4.57 Å². The molecule has 0 fully saturated rings.